The summed E-state index contributed by atoms with van der Waals surface area (Å²) < 4.78 is 0. The van der Waals surface area contributed by atoms with Gasteiger partial charge in [0.1, 0.15) is 5.03 Å². The first-order valence-electron chi connectivity index (χ1n) is 4.29. The first-order chi connectivity index (χ1) is 7.65. The molecular weight excluding hydrogens is 267 g/mol. The number of hydrogen-bond donors (Lipinski definition) is 0. The first kappa shape index (κ1) is 11.6. The van der Waals surface area contributed by atoms with Gasteiger partial charge in [0.2, 0.25) is 5.28 Å². The molecule has 0 aliphatic rings. The van der Waals surface area contributed by atoms with Gasteiger partial charge in [-0.3, -0.25) is 0 Å². The van der Waals surface area contributed by atoms with Crippen LogP contribution in [0.2, 0.25) is 10.3 Å². The average molecular weight is 273 g/mol. The summed E-state index contributed by atoms with van der Waals surface area (Å²) in [5.41, 5.74) is 0.996. The molecule has 0 N–H and O–H groups in total. The van der Waals surface area contributed by atoms with Gasteiger partial charge in [0.25, 0.3) is 0 Å². The SMILES string of the molecule is Cc1cnc(Sc2nc(Cl)ncc2Cl)nc1. The summed E-state index contributed by atoms with van der Waals surface area (Å²) in [6.07, 6.45) is 4.91. The zero-order chi connectivity index (χ0) is 11.5. The molecule has 0 saturated heterocycles. The van der Waals surface area contributed by atoms with E-state index in [1.54, 1.807) is 12.4 Å². The van der Waals surface area contributed by atoms with Gasteiger partial charge in [0, 0.05) is 12.4 Å². The fraction of sp³-hybridized carbons (Fsp3) is 0.111. The van der Waals surface area contributed by atoms with Gasteiger partial charge in [-0.05, 0) is 35.9 Å². The molecule has 82 valence electrons. The molecule has 4 nitrogen and oxygen atoms in total. The van der Waals surface area contributed by atoms with E-state index in [2.05, 4.69) is 19.9 Å². The van der Waals surface area contributed by atoms with Crippen molar-refractivity contribution in [3.05, 3.63) is 34.5 Å². The van der Waals surface area contributed by atoms with Gasteiger partial charge in [0.15, 0.2) is 5.16 Å². The van der Waals surface area contributed by atoms with Gasteiger partial charge in [-0.1, -0.05) is 11.6 Å². The van der Waals surface area contributed by atoms with Crippen molar-refractivity contribution in [2.75, 3.05) is 0 Å². The minimum atomic E-state index is 0.152. The fourth-order valence-corrected chi connectivity index (χ4v) is 1.98. The van der Waals surface area contributed by atoms with Crippen LogP contribution in [-0.4, -0.2) is 19.9 Å². The van der Waals surface area contributed by atoms with Crippen LogP contribution in [0.1, 0.15) is 5.56 Å². The summed E-state index contributed by atoms with van der Waals surface area (Å²) in [7, 11) is 0. The largest absolute Gasteiger partial charge is 0.231 e. The van der Waals surface area contributed by atoms with Crippen LogP contribution in [0.4, 0.5) is 0 Å². The van der Waals surface area contributed by atoms with Gasteiger partial charge in [-0.25, -0.2) is 19.9 Å². The molecule has 0 aliphatic carbocycles. The Morgan fingerprint density at radius 2 is 1.75 bits per heavy atom. The van der Waals surface area contributed by atoms with Crippen molar-refractivity contribution in [1.82, 2.24) is 19.9 Å². The molecule has 0 aromatic carbocycles. The molecular formula is C9H6Cl2N4S. The van der Waals surface area contributed by atoms with Gasteiger partial charge < -0.3 is 0 Å². The second-order valence-electron chi connectivity index (χ2n) is 2.94. The Labute approximate surface area is 106 Å². The molecule has 0 atom stereocenters. The summed E-state index contributed by atoms with van der Waals surface area (Å²) >= 11 is 12.8. The lowest BCUT2D eigenvalue weighted by atomic mass is 10.4. The van der Waals surface area contributed by atoms with E-state index in [1.807, 2.05) is 6.92 Å². The molecule has 0 fully saturated rings. The number of aromatic nitrogens is 4. The molecule has 2 aromatic rings. The molecule has 16 heavy (non-hydrogen) atoms. The summed E-state index contributed by atoms with van der Waals surface area (Å²) in [4.78, 5) is 16.0. The zero-order valence-corrected chi connectivity index (χ0v) is 10.5. The Morgan fingerprint density at radius 1 is 1.06 bits per heavy atom. The van der Waals surface area contributed by atoms with Crippen molar-refractivity contribution in [1.29, 1.82) is 0 Å². The zero-order valence-electron chi connectivity index (χ0n) is 8.19. The van der Waals surface area contributed by atoms with Gasteiger partial charge in [-0.2, -0.15) is 0 Å². The number of nitrogens with zero attached hydrogens (tertiary/aromatic N) is 4. The van der Waals surface area contributed by atoms with Crippen molar-refractivity contribution in [2.24, 2.45) is 0 Å². The minimum absolute atomic E-state index is 0.152. The monoisotopic (exact) mass is 272 g/mol. The lowest BCUT2D eigenvalue weighted by molar-refractivity contribution is 0.941. The third-order valence-electron chi connectivity index (χ3n) is 1.63. The highest BCUT2D eigenvalue weighted by Crippen LogP contribution is 2.29. The second kappa shape index (κ2) is 4.95. The van der Waals surface area contributed by atoms with E-state index < -0.39 is 0 Å². The number of aryl methyl sites for hydroxylation is 1. The van der Waals surface area contributed by atoms with Crippen LogP contribution in [0.15, 0.2) is 28.8 Å². The number of hydrogen-bond acceptors (Lipinski definition) is 5. The van der Waals surface area contributed by atoms with Crippen LogP contribution in [0.5, 0.6) is 0 Å². The Hall–Kier alpha value is -0.910. The van der Waals surface area contributed by atoms with Crippen molar-refractivity contribution in [3.8, 4) is 0 Å². The summed E-state index contributed by atoms with van der Waals surface area (Å²) in [6.45, 7) is 1.92. The summed E-state index contributed by atoms with van der Waals surface area (Å²) in [5, 5.41) is 1.70. The smallest absolute Gasteiger partial charge is 0.223 e. The Balaban J connectivity index is 2.26. The molecule has 0 spiro atoms. The molecule has 0 saturated carbocycles. The predicted molar refractivity (Wildman–Crippen MR) is 62.9 cm³/mol. The van der Waals surface area contributed by atoms with E-state index in [1.165, 1.54) is 18.0 Å². The Morgan fingerprint density at radius 3 is 2.44 bits per heavy atom. The highest BCUT2D eigenvalue weighted by Gasteiger charge is 2.08. The molecule has 0 radical (unpaired) electrons. The van der Waals surface area contributed by atoms with E-state index in [4.69, 9.17) is 23.2 Å². The Bertz CT molecular complexity index is 503. The number of rotatable bonds is 2. The van der Waals surface area contributed by atoms with Gasteiger partial charge in [0.05, 0.1) is 11.2 Å². The van der Waals surface area contributed by atoms with Crippen molar-refractivity contribution >= 4 is 35.0 Å². The molecule has 2 heterocycles. The van der Waals surface area contributed by atoms with Crippen LogP contribution in [0.25, 0.3) is 0 Å². The van der Waals surface area contributed by atoms with Crippen molar-refractivity contribution < 1.29 is 0 Å². The molecule has 0 unspecified atom stereocenters. The van der Waals surface area contributed by atoms with Crippen LogP contribution < -0.4 is 0 Å². The molecule has 0 aliphatic heterocycles. The maximum Gasteiger partial charge on any atom is 0.223 e. The quantitative estimate of drug-likeness (QED) is 0.621. The maximum absolute atomic E-state index is 5.92. The van der Waals surface area contributed by atoms with Crippen LogP contribution in [0, 0.1) is 6.92 Å². The number of halogens is 2. The van der Waals surface area contributed by atoms with Crippen LogP contribution in [0.3, 0.4) is 0 Å². The third-order valence-corrected chi connectivity index (χ3v) is 3.10. The lowest BCUT2D eigenvalue weighted by Gasteiger charge is -2.01. The van der Waals surface area contributed by atoms with Gasteiger partial charge in [-0.15, -0.1) is 0 Å². The normalized spacial score (nSPS) is 10.4. The summed E-state index contributed by atoms with van der Waals surface area (Å²) in [6, 6.07) is 0. The van der Waals surface area contributed by atoms with Crippen molar-refractivity contribution in [3.63, 3.8) is 0 Å². The molecule has 2 rings (SSSR count). The van der Waals surface area contributed by atoms with Crippen LogP contribution >= 0.6 is 35.0 Å². The standard InChI is InChI=1S/C9H6Cl2N4S/c1-5-2-13-9(14-3-5)16-7-6(10)4-12-8(11)15-7/h2-4H,1H3. The van der Waals surface area contributed by atoms with Crippen molar-refractivity contribution in [2.45, 2.75) is 17.1 Å². The topological polar surface area (TPSA) is 51.6 Å². The predicted octanol–water partition coefficient (Wildman–Crippen LogP) is 3.03. The lowest BCUT2D eigenvalue weighted by Crippen LogP contribution is -1.90. The first-order valence-corrected chi connectivity index (χ1v) is 5.87. The molecule has 0 amide bonds. The van der Waals surface area contributed by atoms with E-state index in [0.717, 1.165) is 5.56 Å². The highest BCUT2D eigenvalue weighted by molar-refractivity contribution is 7.99. The maximum atomic E-state index is 5.92. The van der Waals surface area contributed by atoms with E-state index in [9.17, 15) is 0 Å². The van der Waals surface area contributed by atoms with Gasteiger partial charge >= 0.3 is 0 Å². The highest BCUT2D eigenvalue weighted by atomic mass is 35.5. The van der Waals surface area contributed by atoms with E-state index >= 15 is 0 Å². The van der Waals surface area contributed by atoms with E-state index in [-0.39, 0.29) is 5.28 Å². The average Bonchev–Trinajstić information content (AvgIpc) is 2.27. The van der Waals surface area contributed by atoms with E-state index in [0.29, 0.717) is 15.2 Å². The fourth-order valence-electron chi connectivity index (χ4n) is 0.923. The second-order valence-corrected chi connectivity index (χ2v) is 4.64. The molecule has 0 bridgehead atoms. The third kappa shape index (κ3) is 2.81. The molecule has 7 heteroatoms. The minimum Gasteiger partial charge on any atom is -0.231 e. The van der Waals surface area contributed by atoms with Crippen LogP contribution in [-0.2, 0) is 0 Å². The Kier molecular flexibility index (Phi) is 3.58. The summed E-state index contributed by atoms with van der Waals surface area (Å²) in [5.74, 6) is 0. The molecule has 2 aromatic heterocycles.